The van der Waals surface area contributed by atoms with Crippen molar-refractivity contribution in [3.05, 3.63) is 74.3 Å². The minimum absolute atomic E-state index is 0.166. The van der Waals surface area contributed by atoms with E-state index in [0.717, 1.165) is 24.3 Å². The molecule has 4 rings (SSSR count). The van der Waals surface area contributed by atoms with E-state index in [1.807, 2.05) is 0 Å². The molecule has 12 heteroatoms. The third kappa shape index (κ3) is 3.63. The molecule has 32 heavy (non-hydrogen) atoms. The number of aromatic amines is 1. The zero-order valence-corrected chi connectivity index (χ0v) is 16.8. The van der Waals surface area contributed by atoms with Gasteiger partial charge in [0.15, 0.2) is 5.88 Å². The van der Waals surface area contributed by atoms with Gasteiger partial charge in [0, 0.05) is 16.1 Å². The molecule has 0 fully saturated rings. The van der Waals surface area contributed by atoms with Crippen LogP contribution >= 0.6 is 23.2 Å². The van der Waals surface area contributed by atoms with Gasteiger partial charge in [0.25, 0.3) is 5.91 Å². The van der Waals surface area contributed by atoms with Crippen molar-refractivity contribution in [2.45, 2.75) is 12.4 Å². The number of fused-ring (bicyclic) bond motifs is 1. The summed E-state index contributed by atoms with van der Waals surface area (Å²) >= 11 is 12.0. The van der Waals surface area contributed by atoms with Crippen LogP contribution < -0.4 is 0 Å². The minimum Gasteiger partial charge on any atom is -0.494 e. The third-order valence-corrected chi connectivity index (χ3v) is 5.42. The largest absolute Gasteiger partial charge is 0.494 e. The molecule has 0 saturated carbocycles. The van der Waals surface area contributed by atoms with E-state index in [1.165, 1.54) is 0 Å². The minimum atomic E-state index is -4.72. The summed E-state index contributed by atoms with van der Waals surface area (Å²) in [6.45, 7) is 0. The van der Waals surface area contributed by atoms with Gasteiger partial charge < -0.3 is 10.1 Å². The Bertz CT molecular complexity index is 1310. The van der Waals surface area contributed by atoms with Crippen LogP contribution in [-0.2, 0) is 12.4 Å². The van der Waals surface area contributed by atoms with Crippen molar-refractivity contribution in [2.24, 2.45) is 4.99 Å². The van der Waals surface area contributed by atoms with E-state index in [9.17, 15) is 36.2 Å². The lowest BCUT2D eigenvalue weighted by Crippen LogP contribution is -2.08. The van der Waals surface area contributed by atoms with E-state index < -0.39 is 35.3 Å². The molecule has 166 valence electrons. The molecule has 0 aliphatic carbocycles. The summed E-state index contributed by atoms with van der Waals surface area (Å²) in [6.07, 6.45) is -9.43. The lowest BCUT2D eigenvalue weighted by atomic mass is 9.98. The number of aromatic hydroxyl groups is 1. The molecular formula is C20H8Cl2F6N2O2. The van der Waals surface area contributed by atoms with Crippen LogP contribution in [0.15, 0.2) is 41.4 Å². The monoisotopic (exact) mass is 492 g/mol. The van der Waals surface area contributed by atoms with Crippen molar-refractivity contribution in [1.82, 2.24) is 4.98 Å². The molecule has 3 aromatic rings. The van der Waals surface area contributed by atoms with Gasteiger partial charge in [-0.25, -0.2) is 4.99 Å². The summed E-state index contributed by atoms with van der Waals surface area (Å²) in [5.74, 6) is -1.69. The Balaban J connectivity index is 1.91. The van der Waals surface area contributed by atoms with Gasteiger partial charge >= 0.3 is 12.4 Å². The van der Waals surface area contributed by atoms with E-state index in [2.05, 4.69) is 9.98 Å². The van der Waals surface area contributed by atoms with Crippen LogP contribution in [0.1, 0.15) is 32.6 Å². The lowest BCUT2D eigenvalue weighted by Gasteiger charge is -2.10. The number of nitrogens with one attached hydrogen (secondary N) is 1. The third-order valence-electron chi connectivity index (χ3n) is 4.76. The van der Waals surface area contributed by atoms with Crippen molar-refractivity contribution in [1.29, 1.82) is 0 Å². The Morgan fingerprint density at radius 1 is 0.812 bits per heavy atom. The molecule has 0 unspecified atom stereocenters. The Morgan fingerprint density at radius 2 is 1.31 bits per heavy atom. The molecule has 1 aliphatic rings. The average Bonchev–Trinajstić information content (AvgIpc) is 3.19. The number of alkyl halides is 6. The van der Waals surface area contributed by atoms with Crippen LogP contribution in [0.25, 0.3) is 11.3 Å². The number of amides is 1. The molecule has 2 aromatic carbocycles. The first-order valence-corrected chi connectivity index (χ1v) is 9.37. The fraction of sp³-hybridized carbons (Fsp3) is 0.100. The van der Waals surface area contributed by atoms with E-state index in [-0.39, 0.29) is 43.7 Å². The van der Waals surface area contributed by atoms with Gasteiger partial charge in [-0.2, -0.15) is 26.3 Å². The second kappa shape index (κ2) is 7.28. The van der Waals surface area contributed by atoms with E-state index in [1.54, 1.807) is 0 Å². The SMILES string of the molecule is O=C1N=C(c2cc(C(F)(F)F)ccc2Cl)c2c(O)[nH]c(-c3cc(C(F)(F)F)ccc3Cl)c21. The Morgan fingerprint density at radius 3 is 1.84 bits per heavy atom. The number of H-pyrrole nitrogens is 1. The average molecular weight is 493 g/mol. The number of rotatable bonds is 2. The summed E-state index contributed by atoms with van der Waals surface area (Å²) in [5, 5.41) is 10.0. The van der Waals surface area contributed by atoms with Gasteiger partial charge in [-0.05, 0) is 36.4 Å². The van der Waals surface area contributed by atoms with Crippen molar-refractivity contribution < 1.29 is 36.2 Å². The molecule has 0 atom stereocenters. The number of aliphatic imine (C=N–C) groups is 1. The summed E-state index contributed by atoms with van der Waals surface area (Å²) in [4.78, 5) is 18.7. The van der Waals surface area contributed by atoms with Gasteiger partial charge in [-0.3, -0.25) is 4.79 Å². The van der Waals surface area contributed by atoms with E-state index >= 15 is 0 Å². The maximum atomic E-state index is 13.1. The number of benzene rings is 2. The number of aromatic nitrogens is 1. The number of hydrogen-bond donors (Lipinski definition) is 2. The van der Waals surface area contributed by atoms with Gasteiger partial charge in [0.05, 0.1) is 38.7 Å². The maximum Gasteiger partial charge on any atom is 0.416 e. The molecule has 4 nitrogen and oxygen atoms in total. The normalized spacial score (nSPS) is 14.0. The fourth-order valence-electron chi connectivity index (χ4n) is 3.32. The summed E-state index contributed by atoms with van der Waals surface area (Å²) in [5.41, 5.74) is -3.93. The van der Waals surface area contributed by atoms with E-state index in [0.29, 0.717) is 12.1 Å². The highest BCUT2D eigenvalue weighted by Gasteiger charge is 2.38. The molecular weight excluding hydrogens is 485 g/mol. The van der Waals surface area contributed by atoms with Crippen molar-refractivity contribution in [3.63, 3.8) is 0 Å². The van der Waals surface area contributed by atoms with Gasteiger partial charge in [-0.1, -0.05) is 23.2 Å². The smallest absolute Gasteiger partial charge is 0.416 e. The van der Waals surface area contributed by atoms with Crippen molar-refractivity contribution in [3.8, 4) is 17.1 Å². The molecule has 2 heterocycles. The van der Waals surface area contributed by atoms with Gasteiger partial charge in [0.2, 0.25) is 0 Å². The number of hydrogen-bond acceptors (Lipinski definition) is 2. The van der Waals surface area contributed by atoms with Crippen molar-refractivity contribution >= 4 is 34.8 Å². The van der Waals surface area contributed by atoms with Gasteiger partial charge in [-0.15, -0.1) is 0 Å². The highest BCUT2D eigenvalue weighted by Crippen LogP contribution is 2.43. The predicted molar refractivity (Wildman–Crippen MR) is 104 cm³/mol. The van der Waals surface area contributed by atoms with Crippen LogP contribution in [0, 0.1) is 0 Å². The number of carbonyl (C=O) groups excluding carboxylic acids is 1. The predicted octanol–water partition coefficient (Wildman–Crippen LogP) is 6.72. The highest BCUT2D eigenvalue weighted by molar-refractivity contribution is 6.39. The highest BCUT2D eigenvalue weighted by atomic mass is 35.5. The molecule has 1 aliphatic heterocycles. The van der Waals surface area contributed by atoms with Crippen LogP contribution in [0.4, 0.5) is 26.3 Å². The zero-order chi connectivity index (χ0) is 23.6. The number of halogens is 8. The summed E-state index contributed by atoms with van der Waals surface area (Å²) in [7, 11) is 0. The van der Waals surface area contributed by atoms with Crippen LogP contribution in [0.5, 0.6) is 5.88 Å². The lowest BCUT2D eigenvalue weighted by molar-refractivity contribution is -0.138. The summed E-state index contributed by atoms with van der Waals surface area (Å²) in [6, 6.07) is 4.73. The Hall–Kier alpha value is -2.98. The van der Waals surface area contributed by atoms with Crippen molar-refractivity contribution in [2.75, 3.05) is 0 Å². The Kier molecular flexibility index (Phi) is 5.05. The topological polar surface area (TPSA) is 65.4 Å². The molecule has 0 bridgehead atoms. The molecule has 0 saturated heterocycles. The molecule has 1 amide bonds. The summed E-state index contributed by atoms with van der Waals surface area (Å²) < 4.78 is 78.8. The number of nitrogens with zero attached hydrogens (tertiary/aromatic N) is 1. The van der Waals surface area contributed by atoms with Gasteiger partial charge in [0.1, 0.15) is 0 Å². The first-order valence-electron chi connectivity index (χ1n) is 8.61. The van der Waals surface area contributed by atoms with Crippen LogP contribution in [-0.4, -0.2) is 21.7 Å². The maximum absolute atomic E-state index is 13.1. The molecule has 0 radical (unpaired) electrons. The van der Waals surface area contributed by atoms with Crippen LogP contribution in [0.3, 0.4) is 0 Å². The first kappa shape index (κ1) is 22.2. The second-order valence-electron chi connectivity index (χ2n) is 6.75. The fourth-order valence-corrected chi connectivity index (χ4v) is 3.74. The Labute approximate surface area is 185 Å². The quantitative estimate of drug-likeness (QED) is 0.390. The second-order valence-corrected chi connectivity index (χ2v) is 7.56. The zero-order valence-electron chi connectivity index (χ0n) is 15.3. The molecule has 0 spiro atoms. The molecule has 2 N–H and O–H groups in total. The number of carbonyl (C=O) groups is 1. The van der Waals surface area contributed by atoms with E-state index in [4.69, 9.17) is 23.2 Å². The van der Waals surface area contributed by atoms with Crippen LogP contribution in [0.2, 0.25) is 10.0 Å². The standard InChI is InChI=1S/C20H8Cl2F6N2O2/c21-11-3-1-7(19(23,24)25)5-9(11)15-13-14(18(32)29-15)16(30-17(13)31)10-6-8(20(26,27)28)2-4-12(10)22/h1-6,29,32H. The molecule has 1 aromatic heterocycles. The first-order chi connectivity index (χ1) is 14.8.